The molecule has 122 valence electrons. The molecule has 2 aromatic carbocycles. The van der Waals surface area contributed by atoms with Crippen molar-refractivity contribution in [2.75, 3.05) is 11.9 Å². The topological polar surface area (TPSA) is 74.2 Å². The van der Waals surface area contributed by atoms with Crippen LogP contribution in [0, 0.1) is 11.3 Å². The van der Waals surface area contributed by atoms with Gasteiger partial charge in [0.25, 0.3) is 0 Å². The summed E-state index contributed by atoms with van der Waals surface area (Å²) in [5.74, 6) is 1.03. The maximum absolute atomic E-state index is 11.8. The molecule has 0 saturated heterocycles. The van der Waals surface area contributed by atoms with Gasteiger partial charge in [0.1, 0.15) is 23.6 Å². The third-order valence-electron chi connectivity index (χ3n) is 3.29. The Balaban J connectivity index is 1.99. The van der Waals surface area contributed by atoms with Gasteiger partial charge in [-0.1, -0.05) is 18.2 Å². The van der Waals surface area contributed by atoms with Crippen LogP contribution in [0.3, 0.4) is 0 Å². The Morgan fingerprint density at radius 3 is 2.67 bits per heavy atom. The molecule has 0 aliphatic rings. The monoisotopic (exact) mass is 321 g/mol. The van der Waals surface area contributed by atoms with Gasteiger partial charge in [-0.3, -0.25) is 4.79 Å². The van der Waals surface area contributed by atoms with E-state index in [4.69, 9.17) is 10.00 Å². The van der Waals surface area contributed by atoms with Crippen LogP contribution in [0.25, 0.3) is 0 Å². The van der Waals surface area contributed by atoms with E-state index in [2.05, 4.69) is 23.3 Å². The summed E-state index contributed by atoms with van der Waals surface area (Å²) in [4.78, 5) is 11.8. The number of para-hydroxylation sites is 1. The number of rotatable bonds is 7. The summed E-state index contributed by atoms with van der Waals surface area (Å²) in [6.07, 6.45) is 1.63. The first-order valence-corrected chi connectivity index (χ1v) is 7.56. The number of nitrogens with zero attached hydrogens (tertiary/aromatic N) is 1. The number of hydrogen-bond acceptors (Lipinski definition) is 4. The average molecular weight is 321 g/mol. The number of ether oxygens (including phenoxy) is 1. The highest BCUT2D eigenvalue weighted by Gasteiger charge is 2.11. The van der Waals surface area contributed by atoms with Crippen molar-refractivity contribution in [2.24, 2.45) is 0 Å². The van der Waals surface area contributed by atoms with E-state index < -0.39 is 0 Å². The first-order chi connectivity index (χ1) is 11.6. The molecule has 0 fully saturated rings. The van der Waals surface area contributed by atoms with Gasteiger partial charge in [0.15, 0.2) is 0 Å². The molecule has 1 unspecified atom stereocenters. The van der Waals surface area contributed by atoms with E-state index in [1.165, 1.54) is 0 Å². The predicted octanol–water partition coefficient (Wildman–Crippen LogP) is 3.45. The maximum atomic E-state index is 11.8. The molecule has 0 spiro atoms. The highest BCUT2D eigenvalue weighted by molar-refractivity contribution is 5.84. The van der Waals surface area contributed by atoms with Gasteiger partial charge in [-0.25, -0.2) is 0 Å². The highest BCUT2D eigenvalue weighted by atomic mass is 16.5. The second-order valence-corrected chi connectivity index (χ2v) is 5.13. The highest BCUT2D eigenvalue weighted by Crippen LogP contribution is 2.25. The molecule has 0 aliphatic carbocycles. The van der Waals surface area contributed by atoms with E-state index in [0.29, 0.717) is 23.6 Å². The smallest absolute Gasteiger partial charge is 0.242 e. The molecule has 1 atom stereocenters. The fourth-order valence-corrected chi connectivity index (χ4v) is 2.04. The zero-order chi connectivity index (χ0) is 17.4. The molecule has 5 nitrogen and oxygen atoms in total. The van der Waals surface area contributed by atoms with E-state index in [1.807, 2.05) is 18.2 Å². The number of benzene rings is 2. The summed E-state index contributed by atoms with van der Waals surface area (Å²) in [6, 6.07) is 16.0. The number of carbonyl (C=O) groups is 1. The van der Waals surface area contributed by atoms with Crippen molar-refractivity contribution in [3.8, 4) is 17.6 Å². The summed E-state index contributed by atoms with van der Waals surface area (Å²) < 4.78 is 5.72. The first-order valence-electron chi connectivity index (χ1n) is 7.56. The Morgan fingerprint density at radius 2 is 2.00 bits per heavy atom. The average Bonchev–Trinajstić information content (AvgIpc) is 2.61. The number of anilines is 1. The first kappa shape index (κ1) is 17.1. The van der Waals surface area contributed by atoms with Crippen molar-refractivity contribution < 1.29 is 9.53 Å². The molecule has 0 heterocycles. The minimum Gasteiger partial charge on any atom is -0.456 e. The Bertz CT molecular complexity index is 748. The molecule has 0 aliphatic heterocycles. The standard InChI is InChI=1S/C19H19N3O2/c1-3-12-21-19(23)14(2)22-16-8-10-17(11-9-16)24-18-7-5-4-6-15(18)13-20/h3-11,14,22H,1,12H2,2H3,(H,21,23). The lowest BCUT2D eigenvalue weighted by atomic mass is 10.2. The van der Waals surface area contributed by atoms with Gasteiger partial charge in [0.05, 0.1) is 5.56 Å². The number of carbonyl (C=O) groups excluding carboxylic acids is 1. The summed E-state index contributed by atoms with van der Waals surface area (Å²) in [5.41, 5.74) is 1.28. The maximum Gasteiger partial charge on any atom is 0.242 e. The van der Waals surface area contributed by atoms with Gasteiger partial charge < -0.3 is 15.4 Å². The van der Waals surface area contributed by atoms with Gasteiger partial charge in [-0.05, 0) is 43.3 Å². The summed E-state index contributed by atoms with van der Waals surface area (Å²) in [5, 5.41) is 14.9. The van der Waals surface area contributed by atoms with Crippen LogP contribution in [-0.4, -0.2) is 18.5 Å². The minimum atomic E-state index is -0.365. The number of hydrogen-bond donors (Lipinski definition) is 2. The number of amides is 1. The van der Waals surface area contributed by atoms with Gasteiger partial charge >= 0.3 is 0 Å². The second-order valence-electron chi connectivity index (χ2n) is 5.13. The molecule has 24 heavy (non-hydrogen) atoms. The quantitative estimate of drug-likeness (QED) is 0.766. The molecule has 0 aromatic heterocycles. The molecule has 5 heteroatoms. The second kappa shape index (κ2) is 8.39. The van der Waals surface area contributed by atoms with E-state index in [0.717, 1.165) is 5.69 Å². The molecule has 2 N–H and O–H groups in total. The van der Waals surface area contributed by atoms with Crippen LogP contribution < -0.4 is 15.4 Å². The Hall–Kier alpha value is -3.26. The minimum absolute atomic E-state index is 0.0989. The molecule has 0 bridgehead atoms. The van der Waals surface area contributed by atoms with Crippen molar-refractivity contribution in [1.29, 1.82) is 5.26 Å². The Morgan fingerprint density at radius 1 is 1.29 bits per heavy atom. The molecule has 2 rings (SSSR count). The number of nitrogens with one attached hydrogen (secondary N) is 2. The summed E-state index contributed by atoms with van der Waals surface area (Å²) in [6.45, 7) is 5.79. The third kappa shape index (κ3) is 4.62. The fourth-order valence-electron chi connectivity index (χ4n) is 2.04. The van der Waals surface area contributed by atoms with Crippen LogP contribution in [0.4, 0.5) is 5.69 Å². The molecule has 0 radical (unpaired) electrons. The zero-order valence-corrected chi connectivity index (χ0v) is 13.5. The van der Waals surface area contributed by atoms with Crippen LogP contribution in [0.5, 0.6) is 11.5 Å². The van der Waals surface area contributed by atoms with Gasteiger partial charge in [0.2, 0.25) is 5.91 Å². The lowest BCUT2D eigenvalue weighted by Gasteiger charge is -2.15. The normalized spacial score (nSPS) is 11.0. The lowest BCUT2D eigenvalue weighted by molar-refractivity contribution is -0.121. The van der Waals surface area contributed by atoms with Gasteiger partial charge in [0, 0.05) is 12.2 Å². The van der Waals surface area contributed by atoms with E-state index >= 15 is 0 Å². The van der Waals surface area contributed by atoms with Crippen molar-refractivity contribution in [3.63, 3.8) is 0 Å². The van der Waals surface area contributed by atoms with Crippen LogP contribution >= 0.6 is 0 Å². The Kier molecular flexibility index (Phi) is 5.98. The van der Waals surface area contributed by atoms with Crippen LogP contribution in [0.1, 0.15) is 12.5 Å². The predicted molar refractivity (Wildman–Crippen MR) is 94.0 cm³/mol. The Labute approximate surface area is 141 Å². The largest absolute Gasteiger partial charge is 0.456 e. The van der Waals surface area contributed by atoms with Gasteiger partial charge in [-0.15, -0.1) is 6.58 Å². The SMILES string of the molecule is C=CCNC(=O)C(C)Nc1ccc(Oc2ccccc2C#N)cc1. The van der Waals surface area contributed by atoms with Crippen molar-refractivity contribution >= 4 is 11.6 Å². The van der Waals surface area contributed by atoms with Crippen LogP contribution in [0.15, 0.2) is 61.2 Å². The van der Waals surface area contributed by atoms with Crippen molar-refractivity contribution in [3.05, 3.63) is 66.7 Å². The van der Waals surface area contributed by atoms with E-state index in [9.17, 15) is 4.79 Å². The van der Waals surface area contributed by atoms with Crippen LogP contribution in [-0.2, 0) is 4.79 Å². The van der Waals surface area contributed by atoms with E-state index in [-0.39, 0.29) is 11.9 Å². The molecule has 2 aromatic rings. The molecule has 1 amide bonds. The zero-order valence-electron chi connectivity index (χ0n) is 13.5. The molecular formula is C19H19N3O2. The third-order valence-corrected chi connectivity index (χ3v) is 3.29. The van der Waals surface area contributed by atoms with Crippen molar-refractivity contribution in [2.45, 2.75) is 13.0 Å². The van der Waals surface area contributed by atoms with Gasteiger partial charge in [-0.2, -0.15) is 5.26 Å². The fraction of sp³-hybridized carbons (Fsp3) is 0.158. The lowest BCUT2D eigenvalue weighted by Crippen LogP contribution is -2.37. The van der Waals surface area contributed by atoms with Crippen molar-refractivity contribution in [1.82, 2.24) is 5.32 Å². The van der Waals surface area contributed by atoms with Crippen LogP contribution in [0.2, 0.25) is 0 Å². The number of nitriles is 1. The molecule has 0 saturated carbocycles. The summed E-state index contributed by atoms with van der Waals surface area (Å²) >= 11 is 0. The molecular weight excluding hydrogens is 302 g/mol. The summed E-state index contributed by atoms with van der Waals surface area (Å²) in [7, 11) is 0. The van der Waals surface area contributed by atoms with E-state index in [1.54, 1.807) is 43.3 Å².